The molecule has 1 aliphatic rings. The van der Waals surface area contributed by atoms with Crippen molar-refractivity contribution in [3.8, 4) is 0 Å². The third-order valence-corrected chi connectivity index (χ3v) is 3.53. The molecule has 0 bridgehead atoms. The van der Waals surface area contributed by atoms with E-state index in [2.05, 4.69) is 46.8 Å². The number of aliphatic imine (C=N–C) groups is 1. The van der Waals surface area contributed by atoms with Crippen molar-refractivity contribution < 1.29 is 0 Å². The molecule has 0 radical (unpaired) electrons. The van der Waals surface area contributed by atoms with Crippen molar-refractivity contribution in [2.75, 3.05) is 13.1 Å². The molecule has 0 amide bonds. The fraction of sp³-hybridized carbons (Fsp3) is 0.438. The van der Waals surface area contributed by atoms with Gasteiger partial charge in [-0.05, 0) is 43.9 Å². The van der Waals surface area contributed by atoms with E-state index >= 15 is 0 Å². The Bertz CT molecular complexity index is 457. The first kappa shape index (κ1) is 14.9. The zero-order chi connectivity index (χ0) is 14.2. The Morgan fingerprint density at radius 3 is 2.60 bits per heavy atom. The van der Waals surface area contributed by atoms with Gasteiger partial charge in [-0.25, -0.2) is 0 Å². The average molecular weight is 292 g/mol. The van der Waals surface area contributed by atoms with Gasteiger partial charge in [-0.3, -0.25) is 4.99 Å². The molecule has 0 atom stereocenters. The standard InChI is InChI=1S/C16H22ClN3/c1-2-18-16(20-15-5-3-4-6-15)19-12-11-13-7-9-14(17)10-8-13/h3-4,7-10,15H,2,5-6,11-12H2,1H3,(H2,18,19,20). The van der Waals surface area contributed by atoms with Crippen molar-refractivity contribution in [2.24, 2.45) is 4.99 Å². The molecule has 3 nitrogen and oxygen atoms in total. The smallest absolute Gasteiger partial charge is 0.191 e. The van der Waals surface area contributed by atoms with Gasteiger partial charge in [-0.15, -0.1) is 0 Å². The van der Waals surface area contributed by atoms with Gasteiger partial charge in [0.2, 0.25) is 0 Å². The Kier molecular flexibility index (Phi) is 5.93. The van der Waals surface area contributed by atoms with Gasteiger partial charge in [-0.1, -0.05) is 35.9 Å². The molecule has 0 aliphatic heterocycles. The zero-order valence-electron chi connectivity index (χ0n) is 11.9. The molecule has 0 unspecified atom stereocenters. The Morgan fingerprint density at radius 2 is 1.95 bits per heavy atom. The van der Waals surface area contributed by atoms with Crippen LogP contribution in [-0.2, 0) is 6.42 Å². The van der Waals surface area contributed by atoms with Gasteiger partial charge in [-0.2, -0.15) is 0 Å². The van der Waals surface area contributed by atoms with Crippen LogP contribution in [0.5, 0.6) is 0 Å². The van der Waals surface area contributed by atoms with Crippen molar-refractivity contribution >= 4 is 17.6 Å². The molecule has 4 heteroatoms. The minimum atomic E-state index is 0.489. The highest BCUT2D eigenvalue weighted by Gasteiger charge is 2.11. The second-order valence-corrected chi connectivity index (χ2v) is 5.36. The summed E-state index contributed by atoms with van der Waals surface area (Å²) in [5.41, 5.74) is 1.26. The number of nitrogens with zero attached hydrogens (tertiary/aromatic N) is 1. The summed E-state index contributed by atoms with van der Waals surface area (Å²) in [6.45, 7) is 3.74. The van der Waals surface area contributed by atoms with E-state index in [9.17, 15) is 0 Å². The molecule has 2 N–H and O–H groups in total. The van der Waals surface area contributed by atoms with E-state index in [1.54, 1.807) is 0 Å². The number of rotatable bonds is 5. The maximum Gasteiger partial charge on any atom is 0.191 e. The van der Waals surface area contributed by atoms with E-state index in [0.717, 1.165) is 43.3 Å². The van der Waals surface area contributed by atoms with Crippen LogP contribution in [0.15, 0.2) is 41.4 Å². The van der Waals surface area contributed by atoms with Crippen molar-refractivity contribution in [3.63, 3.8) is 0 Å². The molecule has 20 heavy (non-hydrogen) atoms. The number of benzene rings is 1. The summed E-state index contributed by atoms with van der Waals surface area (Å²) in [6, 6.07) is 8.45. The van der Waals surface area contributed by atoms with Crippen LogP contribution in [0.1, 0.15) is 25.3 Å². The normalized spacial score (nSPS) is 15.6. The molecule has 0 saturated carbocycles. The largest absolute Gasteiger partial charge is 0.357 e. The molecule has 0 spiro atoms. The summed E-state index contributed by atoms with van der Waals surface area (Å²) in [6.07, 6.45) is 7.53. The van der Waals surface area contributed by atoms with E-state index in [4.69, 9.17) is 11.6 Å². The lowest BCUT2D eigenvalue weighted by atomic mass is 10.1. The highest BCUT2D eigenvalue weighted by atomic mass is 35.5. The second kappa shape index (κ2) is 7.95. The van der Waals surface area contributed by atoms with E-state index in [1.165, 1.54) is 5.56 Å². The van der Waals surface area contributed by atoms with Crippen LogP contribution in [0.3, 0.4) is 0 Å². The fourth-order valence-corrected chi connectivity index (χ4v) is 2.32. The molecule has 108 valence electrons. The average Bonchev–Trinajstić information content (AvgIpc) is 2.94. The van der Waals surface area contributed by atoms with Gasteiger partial charge in [0.15, 0.2) is 5.96 Å². The van der Waals surface area contributed by atoms with Gasteiger partial charge in [0, 0.05) is 24.2 Å². The number of nitrogens with one attached hydrogen (secondary N) is 2. The summed E-state index contributed by atoms with van der Waals surface area (Å²) in [5, 5.41) is 7.54. The number of hydrogen-bond acceptors (Lipinski definition) is 1. The first-order chi connectivity index (χ1) is 9.78. The summed E-state index contributed by atoms with van der Waals surface area (Å²) < 4.78 is 0. The monoisotopic (exact) mass is 291 g/mol. The van der Waals surface area contributed by atoms with Gasteiger partial charge >= 0.3 is 0 Å². The number of halogens is 1. The summed E-state index contributed by atoms with van der Waals surface area (Å²) in [7, 11) is 0. The van der Waals surface area contributed by atoms with Crippen LogP contribution in [0, 0.1) is 0 Å². The fourth-order valence-electron chi connectivity index (χ4n) is 2.20. The first-order valence-electron chi connectivity index (χ1n) is 7.22. The molecule has 1 aromatic carbocycles. The highest BCUT2D eigenvalue weighted by molar-refractivity contribution is 6.30. The molecule has 2 rings (SSSR count). The van der Waals surface area contributed by atoms with Gasteiger partial charge < -0.3 is 10.6 Å². The Labute approximate surface area is 126 Å². The predicted molar refractivity (Wildman–Crippen MR) is 86.4 cm³/mol. The topological polar surface area (TPSA) is 36.4 Å². The van der Waals surface area contributed by atoms with Crippen LogP contribution in [0.25, 0.3) is 0 Å². The molecule has 0 saturated heterocycles. The lowest BCUT2D eigenvalue weighted by molar-refractivity contribution is 0.633. The van der Waals surface area contributed by atoms with E-state index in [0.29, 0.717) is 6.04 Å². The molecule has 1 aromatic rings. The molecule has 0 heterocycles. The van der Waals surface area contributed by atoms with Crippen molar-refractivity contribution in [2.45, 2.75) is 32.2 Å². The summed E-state index contributed by atoms with van der Waals surface area (Å²) in [4.78, 5) is 4.63. The second-order valence-electron chi connectivity index (χ2n) is 4.92. The Morgan fingerprint density at radius 1 is 1.25 bits per heavy atom. The molecular formula is C16H22ClN3. The SMILES string of the molecule is CCNC(=NCCc1ccc(Cl)cc1)NC1CC=CC1. The molecule has 0 fully saturated rings. The number of hydrogen-bond donors (Lipinski definition) is 2. The van der Waals surface area contributed by atoms with Crippen LogP contribution >= 0.6 is 11.6 Å². The summed E-state index contributed by atoms with van der Waals surface area (Å²) in [5.74, 6) is 0.912. The van der Waals surface area contributed by atoms with Gasteiger partial charge in [0.05, 0.1) is 0 Å². The van der Waals surface area contributed by atoms with Crippen LogP contribution < -0.4 is 10.6 Å². The Balaban J connectivity index is 1.83. The van der Waals surface area contributed by atoms with Crippen molar-refractivity contribution in [3.05, 3.63) is 47.0 Å². The van der Waals surface area contributed by atoms with Crippen molar-refractivity contribution in [1.82, 2.24) is 10.6 Å². The number of guanidine groups is 1. The van der Waals surface area contributed by atoms with E-state index in [-0.39, 0.29) is 0 Å². The zero-order valence-corrected chi connectivity index (χ0v) is 12.7. The van der Waals surface area contributed by atoms with Crippen LogP contribution in [0.2, 0.25) is 5.02 Å². The van der Waals surface area contributed by atoms with Crippen LogP contribution in [-0.4, -0.2) is 25.1 Å². The molecule has 1 aliphatic carbocycles. The van der Waals surface area contributed by atoms with E-state index in [1.807, 2.05) is 12.1 Å². The quantitative estimate of drug-likeness (QED) is 0.497. The highest BCUT2D eigenvalue weighted by Crippen LogP contribution is 2.10. The first-order valence-corrected chi connectivity index (χ1v) is 7.60. The third kappa shape index (κ3) is 4.89. The minimum Gasteiger partial charge on any atom is -0.357 e. The summed E-state index contributed by atoms with van der Waals surface area (Å²) >= 11 is 5.88. The predicted octanol–water partition coefficient (Wildman–Crippen LogP) is 3.16. The lowest BCUT2D eigenvalue weighted by Crippen LogP contribution is -2.42. The Hall–Kier alpha value is -1.48. The van der Waals surface area contributed by atoms with Gasteiger partial charge in [0.25, 0.3) is 0 Å². The molecule has 0 aromatic heterocycles. The van der Waals surface area contributed by atoms with Crippen molar-refractivity contribution in [1.29, 1.82) is 0 Å². The minimum absolute atomic E-state index is 0.489. The maximum atomic E-state index is 5.88. The lowest BCUT2D eigenvalue weighted by Gasteiger charge is -2.16. The molecular weight excluding hydrogens is 270 g/mol. The third-order valence-electron chi connectivity index (χ3n) is 3.28. The maximum absolute atomic E-state index is 5.88. The van der Waals surface area contributed by atoms with Crippen LogP contribution in [0.4, 0.5) is 0 Å². The van der Waals surface area contributed by atoms with Gasteiger partial charge in [0.1, 0.15) is 0 Å². The van der Waals surface area contributed by atoms with E-state index < -0.39 is 0 Å².